The smallest absolute Gasteiger partial charge is 0.0366 e. The molecule has 0 heterocycles. The normalized spacial score (nSPS) is 23.3. The Hall–Kier alpha value is -1.02. The summed E-state index contributed by atoms with van der Waals surface area (Å²) in [4.78, 5) is 2.39. The topological polar surface area (TPSA) is 15.3 Å². The minimum atomic E-state index is 0.746. The molecule has 0 aromatic heterocycles. The number of aryl methyl sites for hydroxylation is 1. The third kappa shape index (κ3) is 3.26. The van der Waals surface area contributed by atoms with E-state index in [0.29, 0.717) is 0 Å². The van der Waals surface area contributed by atoms with Crippen molar-refractivity contribution in [3.8, 4) is 0 Å². The predicted molar refractivity (Wildman–Crippen MR) is 79.3 cm³/mol. The molecule has 0 bridgehead atoms. The van der Waals surface area contributed by atoms with Crippen LogP contribution in [0.5, 0.6) is 0 Å². The van der Waals surface area contributed by atoms with Gasteiger partial charge in [0.25, 0.3) is 0 Å². The molecular formula is C16H26N2. The third-order valence-corrected chi connectivity index (χ3v) is 4.31. The van der Waals surface area contributed by atoms with Crippen LogP contribution in [-0.4, -0.2) is 26.7 Å². The first kappa shape index (κ1) is 13.4. The molecule has 1 fully saturated rings. The highest BCUT2D eigenvalue weighted by molar-refractivity contribution is 5.47. The minimum absolute atomic E-state index is 0.746. The first-order chi connectivity index (χ1) is 8.70. The Morgan fingerprint density at radius 3 is 2.89 bits per heavy atom. The van der Waals surface area contributed by atoms with Crippen LogP contribution in [-0.2, 0) is 0 Å². The summed E-state index contributed by atoms with van der Waals surface area (Å²) in [6.07, 6.45) is 5.45. The molecule has 0 spiro atoms. The molecule has 2 unspecified atom stereocenters. The van der Waals surface area contributed by atoms with Gasteiger partial charge in [-0.25, -0.2) is 0 Å². The van der Waals surface area contributed by atoms with E-state index in [9.17, 15) is 0 Å². The highest BCUT2D eigenvalue weighted by Gasteiger charge is 2.25. The van der Waals surface area contributed by atoms with Gasteiger partial charge >= 0.3 is 0 Å². The largest absolute Gasteiger partial charge is 0.375 e. The molecule has 0 radical (unpaired) electrons. The van der Waals surface area contributed by atoms with Gasteiger partial charge in [0.2, 0.25) is 0 Å². The van der Waals surface area contributed by atoms with Gasteiger partial charge < -0.3 is 10.2 Å². The van der Waals surface area contributed by atoms with Gasteiger partial charge in [0.1, 0.15) is 0 Å². The fraction of sp³-hybridized carbons (Fsp3) is 0.625. The van der Waals surface area contributed by atoms with Crippen molar-refractivity contribution >= 4 is 5.69 Å². The molecule has 1 aliphatic carbocycles. The van der Waals surface area contributed by atoms with E-state index in [1.54, 1.807) is 0 Å². The van der Waals surface area contributed by atoms with Crippen LogP contribution in [0.3, 0.4) is 0 Å². The molecule has 18 heavy (non-hydrogen) atoms. The van der Waals surface area contributed by atoms with Crippen LogP contribution in [0.1, 0.15) is 31.2 Å². The van der Waals surface area contributed by atoms with Gasteiger partial charge in [0, 0.05) is 25.3 Å². The lowest BCUT2D eigenvalue weighted by molar-refractivity contribution is 0.403. The second-order valence-corrected chi connectivity index (χ2v) is 5.64. The highest BCUT2D eigenvalue weighted by atomic mass is 15.1. The number of nitrogens with zero attached hydrogens (tertiary/aromatic N) is 1. The molecule has 1 N–H and O–H groups in total. The van der Waals surface area contributed by atoms with Gasteiger partial charge in [-0.15, -0.1) is 0 Å². The van der Waals surface area contributed by atoms with Gasteiger partial charge in [-0.05, 0) is 56.8 Å². The fourth-order valence-electron chi connectivity index (χ4n) is 3.12. The summed E-state index contributed by atoms with van der Waals surface area (Å²) in [5.41, 5.74) is 2.68. The molecule has 1 aliphatic rings. The summed E-state index contributed by atoms with van der Waals surface area (Å²) < 4.78 is 0. The lowest BCUT2D eigenvalue weighted by Gasteiger charge is -2.24. The van der Waals surface area contributed by atoms with E-state index in [2.05, 4.69) is 55.5 Å². The molecule has 1 saturated carbocycles. The Morgan fingerprint density at radius 2 is 2.17 bits per heavy atom. The average molecular weight is 246 g/mol. The molecule has 1 aromatic rings. The Kier molecular flexibility index (Phi) is 4.65. The molecule has 0 saturated heterocycles. The molecule has 2 heteroatoms. The number of hydrogen-bond acceptors (Lipinski definition) is 2. The minimum Gasteiger partial charge on any atom is -0.375 e. The van der Waals surface area contributed by atoms with Gasteiger partial charge in [-0.1, -0.05) is 18.6 Å². The number of anilines is 1. The molecule has 1 aromatic carbocycles. The van der Waals surface area contributed by atoms with E-state index < -0.39 is 0 Å². The van der Waals surface area contributed by atoms with E-state index in [1.165, 1.54) is 36.9 Å². The third-order valence-electron chi connectivity index (χ3n) is 4.31. The molecule has 0 aliphatic heterocycles. The van der Waals surface area contributed by atoms with E-state index in [-0.39, 0.29) is 0 Å². The number of rotatable bonds is 5. The van der Waals surface area contributed by atoms with Crippen molar-refractivity contribution in [2.24, 2.45) is 5.92 Å². The maximum atomic E-state index is 3.47. The zero-order valence-electron chi connectivity index (χ0n) is 11.9. The average Bonchev–Trinajstić information content (AvgIpc) is 2.83. The van der Waals surface area contributed by atoms with Crippen LogP contribution in [0.15, 0.2) is 24.3 Å². The summed E-state index contributed by atoms with van der Waals surface area (Å²) in [6.45, 7) is 3.32. The standard InChI is InChI=1S/C16H26N2/c1-13-6-4-8-15(12-13)18(3)11-10-14-7-5-9-16(14)17-2/h4,6,8,12,14,16-17H,5,7,9-11H2,1-3H3. The summed E-state index contributed by atoms with van der Waals surface area (Å²) >= 11 is 0. The van der Waals surface area contributed by atoms with Gasteiger partial charge in [-0.2, -0.15) is 0 Å². The van der Waals surface area contributed by atoms with Crippen LogP contribution < -0.4 is 10.2 Å². The van der Waals surface area contributed by atoms with Crippen molar-refractivity contribution in [2.45, 2.75) is 38.6 Å². The van der Waals surface area contributed by atoms with Crippen LogP contribution in [0, 0.1) is 12.8 Å². The Labute approximate surface area is 111 Å². The van der Waals surface area contributed by atoms with Gasteiger partial charge in [0.15, 0.2) is 0 Å². The van der Waals surface area contributed by atoms with E-state index in [1.807, 2.05) is 0 Å². The fourth-order valence-corrected chi connectivity index (χ4v) is 3.12. The Balaban J connectivity index is 1.86. The van der Waals surface area contributed by atoms with Crippen molar-refractivity contribution in [3.63, 3.8) is 0 Å². The lowest BCUT2D eigenvalue weighted by Crippen LogP contribution is -2.31. The van der Waals surface area contributed by atoms with Gasteiger partial charge in [0.05, 0.1) is 0 Å². The van der Waals surface area contributed by atoms with Crippen molar-refractivity contribution in [1.82, 2.24) is 5.32 Å². The van der Waals surface area contributed by atoms with Crippen molar-refractivity contribution < 1.29 is 0 Å². The van der Waals surface area contributed by atoms with Crippen molar-refractivity contribution in [2.75, 3.05) is 25.5 Å². The molecule has 2 rings (SSSR count). The lowest BCUT2D eigenvalue weighted by atomic mass is 9.99. The number of hydrogen-bond donors (Lipinski definition) is 1. The first-order valence-corrected chi connectivity index (χ1v) is 7.16. The second-order valence-electron chi connectivity index (χ2n) is 5.64. The summed E-state index contributed by atoms with van der Waals surface area (Å²) in [7, 11) is 4.31. The Bertz CT molecular complexity index is 375. The first-order valence-electron chi connectivity index (χ1n) is 7.16. The van der Waals surface area contributed by atoms with Crippen LogP contribution >= 0.6 is 0 Å². The van der Waals surface area contributed by atoms with Crippen molar-refractivity contribution in [3.05, 3.63) is 29.8 Å². The monoisotopic (exact) mass is 246 g/mol. The number of benzene rings is 1. The molecule has 2 atom stereocenters. The van der Waals surface area contributed by atoms with Crippen molar-refractivity contribution in [1.29, 1.82) is 0 Å². The van der Waals surface area contributed by atoms with Crippen LogP contribution in [0.25, 0.3) is 0 Å². The molecule has 0 amide bonds. The van der Waals surface area contributed by atoms with Crippen LogP contribution in [0.2, 0.25) is 0 Å². The quantitative estimate of drug-likeness (QED) is 0.858. The number of nitrogens with one attached hydrogen (secondary N) is 1. The van der Waals surface area contributed by atoms with Gasteiger partial charge in [-0.3, -0.25) is 0 Å². The van der Waals surface area contributed by atoms with E-state index >= 15 is 0 Å². The summed E-state index contributed by atoms with van der Waals surface area (Å²) in [6, 6.07) is 9.52. The molecule has 100 valence electrons. The van der Waals surface area contributed by atoms with E-state index in [0.717, 1.165) is 18.5 Å². The maximum absolute atomic E-state index is 3.47. The summed E-state index contributed by atoms with van der Waals surface area (Å²) in [5.74, 6) is 0.863. The summed E-state index contributed by atoms with van der Waals surface area (Å²) in [5, 5.41) is 3.47. The molecule has 2 nitrogen and oxygen atoms in total. The predicted octanol–water partition coefficient (Wildman–Crippen LogP) is 3.21. The van der Waals surface area contributed by atoms with E-state index in [4.69, 9.17) is 0 Å². The zero-order chi connectivity index (χ0) is 13.0. The Morgan fingerprint density at radius 1 is 1.33 bits per heavy atom. The molecular weight excluding hydrogens is 220 g/mol. The SMILES string of the molecule is CNC1CCCC1CCN(C)c1cccc(C)c1. The second kappa shape index (κ2) is 6.24. The zero-order valence-corrected chi connectivity index (χ0v) is 11.9. The maximum Gasteiger partial charge on any atom is 0.0366 e. The van der Waals surface area contributed by atoms with Crippen LogP contribution in [0.4, 0.5) is 5.69 Å². The highest BCUT2D eigenvalue weighted by Crippen LogP contribution is 2.28.